The summed E-state index contributed by atoms with van der Waals surface area (Å²) in [5.41, 5.74) is 10.5. The number of aliphatic hydroxyl groups is 1. The molecule has 4 rings (SSSR count). The number of nitrogens with two attached hydrogens (primary N) is 1. The van der Waals surface area contributed by atoms with Crippen LogP contribution >= 0.6 is 11.3 Å². The maximum atomic E-state index is 9.61. The number of aliphatic hydroxyl groups excluding tert-OH is 1. The van der Waals surface area contributed by atoms with Gasteiger partial charge in [-0.25, -0.2) is 15.0 Å². The van der Waals surface area contributed by atoms with Gasteiger partial charge in [-0.15, -0.1) is 0 Å². The van der Waals surface area contributed by atoms with E-state index >= 15 is 0 Å². The normalized spacial score (nSPS) is 11.9. The number of nitrogen functional groups attached to an aromatic ring is 1. The molecule has 0 saturated carbocycles. The Morgan fingerprint density at radius 3 is 2.69 bits per heavy atom. The first-order valence-electron chi connectivity index (χ1n) is 9.27. The first-order valence-corrected chi connectivity index (χ1v) is 10.1. The van der Waals surface area contributed by atoms with Crippen LogP contribution in [0.5, 0.6) is 0 Å². The zero-order valence-electron chi connectivity index (χ0n) is 15.9. The van der Waals surface area contributed by atoms with Gasteiger partial charge in [0.05, 0.1) is 22.4 Å². The van der Waals surface area contributed by atoms with Gasteiger partial charge in [0.1, 0.15) is 0 Å². The highest BCUT2D eigenvalue weighted by atomic mass is 32.1. The van der Waals surface area contributed by atoms with Gasteiger partial charge in [0.25, 0.3) is 0 Å². The number of hydrogen-bond donors (Lipinski definition) is 3. The highest BCUT2D eigenvalue weighted by molar-refractivity contribution is 7.19. The zero-order chi connectivity index (χ0) is 20.2. The van der Waals surface area contributed by atoms with Gasteiger partial charge in [0, 0.05) is 17.4 Å². The lowest BCUT2D eigenvalue weighted by Gasteiger charge is -2.09. The van der Waals surface area contributed by atoms with Crippen LogP contribution in [0.2, 0.25) is 0 Å². The topological polar surface area (TPSA) is 97.0 Å². The SMILES string of the molecule is CC(O)Cc1cccc(Nc2nccc(-c3sc(N)nc3-c3ccccc3)n2)c1. The van der Waals surface area contributed by atoms with Gasteiger partial charge in [0.2, 0.25) is 5.95 Å². The number of nitrogens with zero attached hydrogens (tertiary/aromatic N) is 3. The fraction of sp³-hybridized carbons (Fsp3) is 0.136. The van der Waals surface area contributed by atoms with Gasteiger partial charge in [0.15, 0.2) is 5.13 Å². The summed E-state index contributed by atoms with van der Waals surface area (Å²) in [4.78, 5) is 14.4. The van der Waals surface area contributed by atoms with Gasteiger partial charge < -0.3 is 16.2 Å². The van der Waals surface area contributed by atoms with Crippen molar-refractivity contribution in [3.63, 3.8) is 0 Å². The molecule has 0 bridgehead atoms. The Morgan fingerprint density at radius 2 is 1.90 bits per heavy atom. The molecule has 1 unspecified atom stereocenters. The molecule has 0 aliphatic heterocycles. The third-order valence-electron chi connectivity index (χ3n) is 4.29. The van der Waals surface area contributed by atoms with E-state index in [1.165, 1.54) is 11.3 Å². The Balaban J connectivity index is 1.64. The minimum absolute atomic E-state index is 0.391. The van der Waals surface area contributed by atoms with Crippen LogP contribution in [0.4, 0.5) is 16.8 Å². The van der Waals surface area contributed by atoms with Gasteiger partial charge >= 0.3 is 0 Å². The van der Waals surface area contributed by atoms with Crippen molar-refractivity contribution in [3.8, 4) is 21.8 Å². The Kier molecular flexibility index (Phi) is 5.50. The maximum Gasteiger partial charge on any atom is 0.227 e. The molecule has 0 spiro atoms. The average molecular weight is 404 g/mol. The van der Waals surface area contributed by atoms with Crippen molar-refractivity contribution in [1.82, 2.24) is 15.0 Å². The molecule has 4 aromatic rings. The minimum Gasteiger partial charge on any atom is -0.393 e. The van der Waals surface area contributed by atoms with Gasteiger partial charge in [-0.3, -0.25) is 0 Å². The van der Waals surface area contributed by atoms with Crippen LogP contribution in [0.25, 0.3) is 21.8 Å². The highest BCUT2D eigenvalue weighted by Crippen LogP contribution is 2.37. The van der Waals surface area contributed by atoms with Crippen molar-refractivity contribution in [2.75, 3.05) is 11.1 Å². The maximum absolute atomic E-state index is 9.61. The van der Waals surface area contributed by atoms with Crippen LogP contribution in [0, 0.1) is 0 Å². The smallest absolute Gasteiger partial charge is 0.227 e. The standard InChI is InChI=1S/C22H21N5OS/c1-14(28)12-15-6-5-9-17(13-15)25-22-24-11-10-18(26-22)20-19(27-21(23)29-20)16-7-3-2-4-8-16/h2-11,13-14,28H,12H2,1H3,(H2,23,27)(H,24,25,26). The molecule has 2 heterocycles. The first kappa shape index (κ1) is 19.0. The number of nitrogens with one attached hydrogen (secondary N) is 1. The van der Waals surface area contributed by atoms with Crippen molar-refractivity contribution in [2.45, 2.75) is 19.4 Å². The largest absolute Gasteiger partial charge is 0.393 e. The summed E-state index contributed by atoms with van der Waals surface area (Å²) in [7, 11) is 0. The average Bonchev–Trinajstić information content (AvgIpc) is 3.10. The Labute approximate surface area is 173 Å². The molecule has 6 nitrogen and oxygen atoms in total. The molecular weight excluding hydrogens is 382 g/mol. The molecule has 146 valence electrons. The van der Waals surface area contributed by atoms with Crippen molar-refractivity contribution in [3.05, 3.63) is 72.4 Å². The molecule has 0 radical (unpaired) electrons. The van der Waals surface area contributed by atoms with E-state index in [1.807, 2.05) is 60.7 Å². The lowest BCUT2D eigenvalue weighted by Crippen LogP contribution is -2.04. The molecule has 2 aromatic carbocycles. The van der Waals surface area contributed by atoms with Crippen LogP contribution in [0.15, 0.2) is 66.9 Å². The van der Waals surface area contributed by atoms with E-state index in [1.54, 1.807) is 13.1 Å². The number of thiazole rings is 1. The second-order valence-electron chi connectivity index (χ2n) is 6.74. The van der Waals surface area contributed by atoms with E-state index in [9.17, 15) is 5.11 Å². The second-order valence-corrected chi connectivity index (χ2v) is 7.77. The van der Waals surface area contributed by atoms with Crippen LogP contribution in [-0.2, 0) is 6.42 Å². The molecule has 0 amide bonds. The van der Waals surface area contributed by atoms with Gasteiger partial charge in [-0.1, -0.05) is 53.8 Å². The summed E-state index contributed by atoms with van der Waals surface area (Å²) < 4.78 is 0. The van der Waals surface area contributed by atoms with Gasteiger partial charge in [-0.2, -0.15) is 0 Å². The predicted octanol–water partition coefficient (Wildman–Crippen LogP) is 4.52. The predicted molar refractivity (Wildman–Crippen MR) is 118 cm³/mol. The fourth-order valence-corrected chi connectivity index (χ4v) is 3.92. The minimum atomic E-state index is -0.391. The van der Waals surface area contributed by atoms with Crippen LogP contribution in [-0.4, -0.2) is 26.2 Å². The highest BCUT2D eigenvalue weighted by Gasteiger charge is 2.15. The summed E-state index contributed by atoms with van der Waals surface area (Å²) in [6.45, 7) is 1.78. The van der Waals surface area contributed by atoms with E-state index in [2.05, 4.69) is 20.3 Å². The van der Waals surface area contributed by atoms with Crippen molar-refractivity contribution >= 4 is 28.1 Å². The summed E-state index contributed by atoms with van der Waals surface area (Å²) in [6, 6.07) is 19.7. The summed E-state index contributed by atoms with van der Waals surface area (Å²) >= 11 is 1.41. The molecule has 1 atom stereocenters. The van der Waals surface area contributed by atoms with E-state index < -0.39 is 6.10 Å². The fourth-order valence-electron chi connectivity index (χ4n) is 3.09. The number of rotatable bonds is 6. The van der Waals surface area contributed by atoms with Crippen LogP contribution in [0.1, 0.15) is 12.5 Å². The Bertz CT molecular complexity index is 1110. The summed E-state index contributed by atoms with van der Waals surface area (Å²) in [5, 5.41) is 13.4. The van der Waals surface area contributed by atoms with E-state index in [4.69, 9.17) is 5.73 Å². The Hall–Kier alpha value is -3.29. The number of anilines is 3. The van der Waals surface area contributed by atoms with Gasteiger partial charge in [-0.05, 0) is 37.1 Å². The molecule has 0 saturated heterocycles. The number of hydrogen-bond acceptors (Lipinski definition) is 7. The van der Waals surface area contributed by atoms with Crippen molar-refractivity contribution < 1.29 is 5.11 Å². The van der Waals surface area contributed by atoms with Crippen molar-refractivity contribution in [1.29, 1.82) is 0 Å². The molecule has 29 heavy (non-hydrogen) atoms. The van der Waals surface area contributed by atoms with Crippen LogP contribution < -0.4 is 11.1 Å². The monoisotopic (exact) mass is 403 g/mol. The quantitative estimate of drug-likeness (QED) is 0.438. The lowest BCUT2D eigenvalue weighted by molar-refractivity contribution is 0.195. The molecule has 0 aliphatic carbocycles. The number of aromatic nitrogens is 3. The molecule has 4 N–H and O–H groups in total. The first-order chi connectivity index (χ1) is 14.1. The number of benzene rings is 2. The summed E-state index contributed by atoms with van der Waals surface area (Å²) in [5.74, 6) is 0.489. The third kappa shape index (κ3) is 4.59. The van der Waals surface area contributed by atoms with Crippen LogP contribution in [0.3, 0.4) is 0 Å². The van der Waals surface area contributed by atoms with Crippen molar-refractivity contribution in [2.24, 2.45) is 0 Å². The molecule has 0 aliphatic rings. The third-order valence-corrected chi connectivity index (χ3v) is 5.20. The van der Waals surface area contributed by atoms with E-state index in [0.717, 1.165) is 33.1 Å². The molecule has 0 fully saturated rings. The van der Waals surface area contributed by atoms with E-state index in [-0.39, 0.29) is 0 Å². The molecule has 2 aromatic heterocycles. The zero-order valence-corrected chi connectivity index (χ0v) is 16.7. The lowest BCUT2D eigenvalue weighted by atomic mass is 10.1. The van der Waals surface area contributed by atoms with E-state index in [0.29, 0.717) is 17.5 Å². The second kappa shape index (κ2) is 8.38. The molecule has 7 heteroatoms. The molecular formula is C22H21N5OS. The summed E-state index contributed by atoms with van der Waals surface area (Å²) in [6.07, 6.45) is 1.92. The Morgan fingerprint density at radius 1 is 1.07 bits per heavy atom.